The average Bonchev–Trinajstić information content (AvgIpc) is 2.73. The smallest absolute Gasteiger partial charge is 0.348 e. The van der Waals surface area contributed by atoms with Crippen LogP contribution in [0.5, 0.6) is 0 Å². The van der Waals surface area contributed by atoms with Crippen molar-refractivity contribution in [2.45, 2.75) is 26.7 Å². The molecule has 2 rings (SSSR count). The monoisotopic (exact) mass is 295 g/mol. The van der Waals surface area contributed by atoms with Gasteiger partial charge in [-0.1, -0.05) is 13.8 Å². The second-order valence-electron chi connectivity index (χ2n) is 4.78. The maximum absolute atomic E-state index is 12.0. The molecule has 20 heavy (non-hydrogen) atoms. The van der Waals surface area contributed by atoms with E-state index in [1.165, 1.54) is 11.3 Å². The number of carbonyl (C=O) groups excluding carboxylic acids is 1. The van der Waals surface area contributed by atoms with Crippen molar-refractivity contribution < 1.29 is 9.21 Å². The molecule has 0 atom stereocenters. The molecule has 0 aromatic carbocycles. The third kappa shape index (κ3) is 2.59. The molecule has 1 amide bonds. The Morgan fingerprint density at radius 1 is 1.50 bits per heavy atom. The van der Waals surface area contributed by atoms with Gasteiger partial charge in [0.25, 0.3) is 5.91 Å². The summed E-state index contributed by atoms with van der Waals surface area (Å²) in [5, 5.41) is 3.08. The number of fused-ring (bicyclic) bond motifs is 1. The minimum absolute atomic E-state index is 0.0176. The lowest BCUT2D eigenvalue weighted by molar-refractivity contribution is 0.0958. The van der Waals surface area contributed by atoms with Crippen LogP contribution in [0.2, 0.25) is 0 Å². The average molecular weight is 295 g/mol. The van der Waals surface area contributed by atoms with E-state index >= 15 is 0 Å². The molecular formula is C13H17N3O3S. The van der Waals surface area contributed by atoms with Gasteiger partial charge in [-0.15, -0.1) is 11.3 Å². The molecule has 2 aromatic rings. The van der Waals surface area contributed by atoms with Crippen molar-refractivity contribution in [3.63, 3.8) is 0 Å². The molecule has 0 fully saturated rings. The van der Waals surface area contributed by atoms with Crippen LogP contribution in [0.25, 0.3) is 10.2 Å². The Balaban J connectivity index is 2.55. The lowest BCUT2D eigenvalue weighted by Crippen LogP contribution is -2.28. The lowest BCUT2D eigenvalue weighted by Gasteiger charge is -2.01. The molecule has 0 bridgehead atoms. The summed E-state index contributed by atoms with van der Waals surface area (Å²) >= 11 is 1.20. The Morgan fingerprint density at radius 2 is 2.20 bits per heavy atom. The van der Waals surface area contributed by atoms with Gasteiger partial charge in [0.05, 0.1) is 4.88 Å². The summed E-state index contributed by atoms with van der Waals surface area (Å²) in [7, 11) is 0. The van der Waals surface area contributed by atoms with E-state index in [0.717, 1.165) is 0 Å². The first-order valence-corrected chi connectivity index (χ1v) is 7.19. The summed E-state index contributed by atoms with van der Waals surface area (Å²) in [6, 6.07) is 0. The van der Waals surface area contributed by atoms with Crippen molar-refractivity contribution in [2.24, 2.45) is 5.73 Å². The quantitative estimate of drug-likeness (QED) is 0.887. The predicted molar refractivity (Wildman–Crippen MR) is 78.4 cm³/mol. The summed E-state index contributed by atoms with van der Waals surface area (Å²) in [5.41, 5.74) is 5.52. The molecule has 0 unspecified atom stereocenters. The Morgan fingerprint density at radius 3 is 2.80 bits per heavy atom. The number of aryl methyl sites for hydroxylation is 1. The highest BCUT2D eigenvalue weighted by Gasteiger charge is 2.20. The zero-order valence-corrected chi connectivity index (χ0v) is 12.5. The fourth-order valence-electron chi connectivity index (χ4n) is 1.82. The molecular weight excluding hydrogens is 278 g/mol. The third-order valence-electron chi connectivity index (χ3n) is 2.87. The van der Waals surface area contributed by atoms with Crippen LogP contribution in [0, 0.1) is 6.92 Å². The van der Waals surface area contributed by atoms with E-state index < -0.39 is 5.63 Å². The number of carbonyl (C=O) groups is 1. The van der Waals surface area contributed by atoms with Crippen LogP contribution in [-0.4, -0.2) is 24.0 Å². The maximum Gasteiger partial charge on any atom is 0.348 e. The summed E-state index contributed by atoms with van der Waals surface area (Å²) in [6.07, 6.45) is 0. The summed E-state index contributed by atoms with van der Waals surface area (Å²) in [5.74, 6) is 0.170. The van der Waals surface area contributed by atoms with Gasteiger partial charge in [-0.3, -0.25) is 4.79 Å². The molecule has 0 aliphatic rings. The van der Waals surface area contributed by atoms with Crippen LogP contribution in [0.15, 0.2) is 9.21 Å². The van der Waals surface area contributed by atoms with Crippen molar-refractivity contribution in [1.29, 1.82) is 0 Å². The van der Waals surface area contributed by atoms with Crippen molar-refractivity contribution in [3.8, 4) is 0 Å². The van der Waals surface area contributed by atoms with Crippen LogP contribution in [-0.2, 0) is 0 Å². The van der Waals surface area contributed by atoms with Crippen LogP contribution in [0.1, 0.15) is 40.9 Å². The van der Waals surface area contributed by atoms with Gasteiger partial charge in [-0.2, -0.15) is 0 Å². The maximum atomic E-state index is 12.0. The molecule has 0 spiro atoms. The Bertz CT molecular complexity index is 703. The van der Waals surface area contributed by atoms with E-state index in [4.69, 9.17) is 10.2 Å². The highest BCUT2D eigenvalue weighted by Crippen LogP contribution is 2.28. The number of hydrogen-bond donors (Lipinski definition) is 2. The number of nitrogens with two attached hydrogens (primary N) is 1. The Hall–Kier alpha value is -1.73. The van der Waals surface area contributed by atoms with Crippen molar-refractivity contribution in [1.82, 2.24) is 10.3 Å². The topological polar surface area (TPSA) is 98.2 Å². The zero-order chi connectivity index (χ0) is 14.9. The van der Waals surface area contributed by atoms with Gasteiger partial charge in [-0.25, -0.2) is 9.78 Å². The summed E-state index contributed by atoms with van der Waals surface area (Å²) in [6.45, 7) is 6.28. The molecule has 0 radical (unpaired) electrons. The standard InChI is InChI=1S/C13H17N3O3S/c1-6(2)11-16-12-8(13(18)19-11)7(3)9(20-12)10(17)15-5-4-14/h6H,4-5,14H2,1-3H3,(H,15,17). The van der Waals surface area contributed by atoms with E-state index in [-0.39, 0.29) is 11.8 Å². The molecule has 2 heterocycles. The molecule has 0 aliphatic heterocycles. The van der Waals surface area contributed by atoms with Gasteiger partial charge in [0.2, 0.25) is 5.89 Å². The lowest BCUT2D eigenvalue weighted by atomic mass is 10.2. The first-order valence-electron chi connectivity index (χ1n) is 6.38. The highest BCUT2D eigenvalue weighted by atomic mass is 32.1. The fourth-order valence-corrected chi connectivity index (χ4v) is 2.90. The predicted octanol–water partition coefficient (Wildman–Crippen LogP) is 1.37. The van der Waals surface area contributed by atoms with Crippen LogP contribution in [0.4, 0.5) is 0 Å². The second kappa shape index (κ2) is 5.72. The summed E-state index contributed by atoms with van der Waals surface area (Å²) < 4.78 is 5.20. The second-order valence-corrected chi connectivity index (χ2v) is 5.77. The Labute approximate surface area is 120 Å². The number of nitrogens with one attached hydrogen (secondary N) is 1. The number of rotatable bonds is 4. The number of aromatic nitrogens is 1. The first kappa shape index (κ1) is 14.7. The van der Waals surface area contributed by atoms with Crippen LogP contribution >= 0.6 is 11.3 Å². The van der Waals surface area contributed by atoms with E-state index in [1.54, 1.807) is 6.92 Å². The summed E-state index contributed by atoms with van der Waals surface area (Å²) in [4.78, 5) is 29.4. The van der Waals surface area contributed by atoms with Gasteiger partial charge in [-0.05, 0) is 12.5 Å². The number of amides is 1. The molecule has 2 aromatic heterocycles. The van der Waals surface area contributed by atoms with E-state index in [0.29, 0.717) is 39.6 Å². The molecule has 0 aliphatic carbocycles. The largest absolute Gasteiger partial charge is 0.408 e. The van der Waals surface area contributed by atoms with Gasteiger partial charge >= 0.3 is 5.63 Å². The molecule has 6 nitrogen and oxygen atoms in total. The van der Waals surface area contributed by atoms with Crippen molar-refractivity contribution >= 4 is 27.5 Å². The molecule has 0 saturated carbocycles. The molecule has 0 saturated heterocycles. The normalized spacial score (nSPS) is 11.2. The SMILES string of the molecule is Cc1c(C(=O)NCCN)sc2nc(C(C)C)oc(=O)c12. The Kier molecular flexibility index (Phi) is 4.20. The van der Waals surface area contributed by atoms with Crippen molar-refractivity contribution in [2.75, 3.05) is 13.1 Å². The van der Waals surface area contributed by atoms with Gasteiger partial charge in [0, 0.05) is 19.0 Å². The van der Waals surface area contributed by atoms with E-state index in [9.17, 15) is 9.59 Å². The molecule has 108 valence electrons. The number of nitrogens with zero attached hydrogens (tertiary/aromatic N) is 1. The van der Waals surface area contributed by atoms with Gasteiger partial charge < -0.3 is 15.5 Å². The minimum atomic E-state index is -0.440. The number of hydrogen-bond acceptors (Lipinski definition) is 6. The van der Waals surface area contributed by atoms with E-state index in [1.807, 2.05) is 13.8 Å². The molecule has 3 N–H and O–H groups in total. The fraction of sp³-hybridized carbons (Fsp3) is 0.462. The van der Waals surface area contributed by atoms with Crippen LogP contribution < -0.4 is 16.7 Å². The van der Waals surface area contributed by atoms with E-state index in [2.05, 4.69) is 10.3 Å². The van der Waals surface area contributed by atoms with Crippen LogP contribution in [0.3, 0.4) is 0 Å². The zero-order valence-electron chi connectivity index (χ0n) is 11.6. The molecule has 7 heteroatoms. The first-order chi connectivity index (χ1) is 9.45. The minimum Gasteiger partial charge on any atom is -0.408 e. The van der Waals surface area contributed by atoms with Crippen molar-refractivity contribution in [3.05, 3.63) is 26.8 Å². The number of thiophene rings is 1. The third-order valence-corrected chi connectivity index (χ3v) is 4.06. The highest BCUT2D eigenvalue weighted by molar-refractivity contribution is 7.20. The van der Waals surface area contributed by atoms with Gasteiger partial charge in [0.1, 0.15) is 10.2 Å². The van der Waals surface area contributed by atoms with Gasteiger partial charge in [0.15, 0.2) is 0 Å².